The largest absolute Gasteiger partial charge is 0.486 e. The van der Waals surface area contributed by atoms with Crippen molar-refractivity contribution in [3.63, 3.8) is 0 Å². The monoisotopic (exact) mass is 471 g/mol. The lowest BCUT2D eigenvalue weighted by atomic mass is 10.1. The molecule has 2 N–H and O–H groups in total. The van der Waals surface area contributed by atoms with Crippen LogP contribution >= 0.6 is 0 Å². The van der Waals surface area contributed by atoms with E-state index >= 15 is 0 Å². The number of carbonyl (C=O) groups is 1. The van der Waals surface area contributed by atoms with Crippen LogP contribution in [0.15, 0.2) is 48.8 Å². The van der Waals surface area contributed by atoms with Crippen LogP contribution < -0.4 is 15.4 Å². The fourth-order valence-corrected chi connectivity index (χ4v) is 3.78. The van der Waals surface area contributed by atoms with E-state index in [1.54, 1.807) is 6.08 Å². The maximum absolute atomic E-state index is 12.6. The Kier molecular flexibility index (Phi) is 7.60. The van der Waals surface area contributed by atoms with Gasteiger partial charge in [0.15, 0.2) is 0 Å². The fourth-order valence-electron chi connectivity index (χ4n) is 3.78. The Morgan fingerprint density at radius 1 is 1.29 bits per heavy atom. The molecule has 0 spiro atoms. The minimum absolute atomic E-state index is 0.0821. The first kappa shape index (κ1) is 24.2. The van der Waals surface area contributed by atoms with Crippen molar-refractivity contribution < 1.29 is 14.3 Å². The number of aryl methyl sites for hydroxylation is 1. The summed E-state index contributed by atoms with van der Waals surface area (Å²) >= 11 is 0. The van der Waals surface area contributed by atoms with Crippen LogP contribution in [0.4, 0.5) is 17.2 Å². The molecule has 3 aromatic rings. The number of nitrogens with zero attached hydrogens (tertiary/aromatic N) is 3. The number of hydrogen-bond donors (Lipinski definition) is 2. The summed E-state index contributed by atoms with van der Waals surface area (Å²) in [6.07, 6.45) is 11.1. The maximum Gasteiger partial charge on any atom is 0.248 e. The number of anilines is 3. The number of fused-ring (bicyclic) bond motifs is 1. The Hall–Kier alpha value is -3.93. The van der Waals surface area contributed by atoms with Gasteiger partial charge >= 0.3 is 0 Å². The summed E-state index contributed by atoms with van der Waals surface area (Å²) in [4.78, 5) is 23.5. The van der Waals surface area contributed by atoms with Gasteiger partial charge in [0.25, 0.3) is 0 Å². The third-order valence-electron chi connectivity index (χ3n) is 5.42. The number of terminal acetylenes is 1. The molecule has 8 heteroatoms. The van der Waals surface area contributed by atoms with Crippen LogP contribution in [-0.2, 0) is 9.53 Å². The number of carbonyl (C=O) groups excluding carboxylic acids is 1. The molecule has 2 heterocycles. The topological polar surface area (TPSA) is 88.6 Å². The van der Waals surface area contributed by atoms with E-state index in [0.29, 0.717) is 42.5 Å². The van der Waals surface area contributed by atoms with E-state index in [9.17, 15) is 4.79 Å². The van der Waals surface area contributed by atoms with Crippen LogP contribution in [0.3, 0.4) is 0 Å². The average molecular weight is 472 g/mol. The van der Waals surface area contributed by atoms with E-state index < -0.39 is 0 Å². The van der Waals surface area contributed by atoms with Crippen molar-refractivity contribution in [3.05, 3.63) is 59.9 Å². The molecular weight excluding hydrogens is 442 g/mol. The molecule has 1 fully saturated rings. The molecule has 1 aliphatic heterocycles. The molecule has 8 nitrogen and oxygen atoms in total. The van der Waals surface area contributed by atoms with Crippen molar-refractivity contribution in [1.29, 1.82) is 0 Å². The van der Waals surface area contributed by atoms with Gasteiger partial charge in [-0.05, 0) is 50.8 Å². The van der Waals surface area contributed by atoms with Crippen LogP contribution in [0.5, 0.6) is 5.75 Å². The second-order valence-electron chi connectivity index (χ2n) is 8.70. The quantitative estimate of drug-likeness (QED) is 0.381. The van der Waals surface area contributed by atoms with Crippen LogP contribution in [0.25, 0.3) is 10.9 Å². The first-order valence-electron chi connectivity index (χ1n) is 11.4. The van der Waals surface area contributed by atoms with Crippen molar-refractivity contribution in [2.24, 2.45) is 0 Å². The number of hydrogen-bond acceptors (Lipinski definition) is 7. The lowest BCUT2D eigenvalue weighted by Gasteiger charge is -2.18. The van der Waals surface area contributed by atoms with Crippen molar-refractivity contribution in [1.82, 2.24) is 14.9 Å². The van der Waals surface area contributed by atoms with Gasteiger partial charge in [0.05, 0.1) is 24.4 Å². The highest BCUT2D eigenvalue weighted by Gasteiger charge is 2.20. The highest BCUT2D eigenvalue weighted by Crippen LogP contribution is 2.35. The molecule has 1 aromatic heterocycles. The number of amides is 1. The van der Waals surface area contributed by atoms with E-state index in [1.807, 2.05) is 56.3 Å². The summed E-state index contributed by atoms with van der Waals surface area (Å²) in [6, 6.07) is 9.47. The summed E-state index contributed by atoms with van der Waals surface area (Å²) in [5.41, 5.74) is 3.85. The smallest absolute Gasteiger partial charge is 0.248 e. The van der Waals surface area contributed by atoms with Crippen LogP contribution in [0.2, 0.25) is 0 Å². The molecule has 35 heavy (non-hydrogen) atoms. The molecule has 0 radical (unpaired) electrons. The number of likely N-dealkylation sites (N-methyl/N-ethyl adjacent to an activating group) is 1. The molecule has 2 aromatic carbocycles. The minimum atomic E-state index is -0.248. The van der Waals surface area contributed by atoms with Crippen LogP contribution in [0.1, 0.15) is 17.5 Å². The zero-order chi connectivity index (χ0) is 24.8. The molecule has 0 aliphatic carbocycles. The molecular formula is C27H29N5O3. The van der Waals surface area contributed by atoms with Gasteiger partial charge in [-0.1, -0.05) is 12.0 Å². The first-order chi connectivity index (χ1) is 16.9. The Morgan fingerprint density at radius 3 is 2.89 bits per heavy atom. The second-order valence-corrected chi connectivity index (χ2v) is 8.70. The number of nitrogens with one attached hydrogen (secondary N) is 2. The Labute approximate surface area is 205 Å². The SMILES string of the molecule is C#Cc1cc(C)cc(Nc2ncnc3cc(O[C@H]4CCOC4)c(NC(=O)C=CCN(C)C)cc23)c1. The van der Waals surface area contributed by atoms with E-state index in [4.69, 9.17) is 15.9 Å². The molecule has 0 unspecified atom stereocenters. The van der Waals surface area contributed by atoms with Gasteiger partial charge in [0.1, 0.15) is 24.0 Å². The lowest BCUT2D eigenvalue weighted by molar-refractivity contribution is -0.111. The summed E-state index contributed by atoms with van der Waals surface area (Å²) in [7, 11) is 3.88. The van der Waals surface area contributed by atoms with Crippen molar-refractivity contribution in [2.75, 3.05) is 44.5 Å². The Bertz CT molecular complexity index is 1290. The summed E-state index contributed by atoms with van der Waals surface area (Å²) in [5.74, 6) is 3.56. The van der Waals surface area contributed by atoms with Gasteiger partial charge in [0, 0.05) is 41.7 Å². The Balaban J connectivity index is 1.70. The molecule has 1 amide bonds. The van der Waals surface area contributed by atoms with Crippen molar-refractivity contribution in [3.8, 4) is 18.1 Å². The molecule has 1 atom stereocenters. The summed E-state index contributed by atoms with van der Waals surface area (Å²) < 4.78 is 11.6. The van der Waals surface area contributed by atoms with Crippen molar-refractivity contribution in [2.45, 2.75) is 19.4 Å². The average Bonchev–Trinajstić information content (AvgIpc) is 3.32. The second kappa shape index (κ2) is 11.0. The summed E-state index contributed by atoms with van der Waals surface area (Å²) in [5, 5.41) is 7.03. The number of rotatable bonds is 8. The van der Waals surface area contributed by atoms with Gasteiger partial charge in [-0.3, -0.25) is 4.79 Å². The van der Waals surface area contributed by atoms with Gasteiger partial charge in [-0.15, -0.1) is 6.42 Å². The standard InChI is InChI=1S/C27H29N5O3/c1-5-19-11-18(2)12-20(13-19)30-27-22-14-24(31-26(33)7-6-9-32(3)4)25(15-23(22)28-17-29-27)35-21-8-10-34-16-21/h1,6-7,11-15,17,21H,8-10,16H2,2-4H3,(H,31,33)(H,28,29,30)/t21-/m0/s1. The first-order valence-corrected chi connectivity index (χ1v) is 11.4. The van der Waals surface area contributed by atoms with Crippen LogP contribution in [0, 0.1) is 19.3 Å². The van der Waals surface area contributed by atoms with Gasteiger partial charge in [-0.2, -0.15) is 0 Å². The van der Waals surface area contributed by atoms with E-state index in [2.05, 4.69) is 26.5 Å². The number of benzene rings is 2. The van der Waals surface area contributed by atoms with E-state index in [-0.39, 0.29) is 12.0 Å². The zero-order valence-electron chi connectivity index (χ0n) is 20.2. The third kappa shape index (κ3) is 6.35. The highest BCUT2D eigenvalue weighted by atomic mass is 16.5. The summed E-state index contributed by atoms with van der Waals surface area (Å²) in [6.45, 7) is 3.80. The molecule has 180 valence electrons. The number of ether oxygens (including phenoxy) is 2. The van der Waals surface area contributed by atoms with Gasteiger partial charge in [0.2, 0.25) is 5.91 Å². The predicted molar refractivity (Wildman–Crippen MR) is 138 cm³/mol. The normalized spacial score (nSPS) is 15.5. The molecule has 0 saturated carbocycles. The third-order valence-corrected chi connectivity index (χ3v) is 5.42. The predicted octanol–water partition coefficient (Wildman–Crippen LogP) is 3.89. The van der Waals surface area contributed by atoms with Crippen LogP contribution in [-0.4, -0.2) is 60.7 Å². The number of aromatic nitrogens is 2. The molecule has 0 bridgehead atoms. The van der Waals surface area contributed by atoms with Gasteiger partial charge < -0.3 is 25.0 Å². The lowest BCUT2D eigenvalue weighted by Crippen LogP contribution is -2.18. The minimum Gasteiger partial charge on any atom is -0.486 e. The van der Waals surface area contributed by atoms with Crippen molar-refractivity contribution >= 4 is 34.0 Å². The zero-order valence-corrected chi connectivity index (χ0v) is 20.2. The van der Waals surface area contributed by atoms with Gasteiger partial charge in [-0.25, -0.2) is 9.97 Å². The van der Waals surface area contributed by atoms with E-state index in [1.165, 1.54) is 12.4 Å². The highest BCUT2D eigenvalue weighted by molar-refractivity contribution is 6.03. The molecule has 4 rings (SSSR count). The molecule has 1 aliphatic rings. The molecule has 1 saturated heterocycles. The van der Waals surface area contributed by atoms with E-state index in [0.717, 1.165) is 28.6 Å². The Morgan fingerprint density at radius 2 is 2.14 bits per heavy atom. The fraction of sp³-hybridized carbons (Fsp3) is 0.296. The maximum atomic E-state index is 12.6.